The van der Waals surface area contributed by atoms with Gasteiger partial charge in [-0.05, 0) is 62.1 Å². The van der Waals surface area contributed by atoms with Crippen LogP contribution in [-0.4, -0.2) is 28.0 Å². The number of carbonyl (C=O) groups is 2. The van der Waals surface area contributed by atoms with E-state index in [0.29, 0.717) is 21.6 Å². The zero-order valence-electron chi connectivity index (χ0n) is 17.9. The first kappa shape index (κ1) is 20.9. The number of nitrogens with one attached hydrogen (secondary N) is 1. The van der Waals surface area contributed by atoms with Gasteiger partial charge in [0.1, 0.15) is 16.9 Å². The number of amides is 1. The Hall–Kier alpha value is -3.96. The number of aromatic nitrogens is 2. The van der Waals surface area contributed by atoms with Crippen LogP contribution in [0.4, 0.5) is 5.00 Å². The molecule has 0 fully saturated rings. The number of ether oxygens (including phenoxy) is 1. The number of nitriles is 1. The summed E-state index contributed by atoms with van der Waals surface area (Å²) in [5.41, 5.74) is 4.42. The number of imidazole rings is 1. The molecule has 0 unspecified atom stereocenters. The number of rotatable bonds is 5. The van der Waals surface area contributed by atoms with E-state index < -0.39 is 18.5 Å². The minimum atomic E-state index is -0.604. The van der Waals surface area contributed by atoms with Crippen LogP contribution in [0.3, 0.4) is 0 Å². The van der Waals surface area contributed by atoms with Gasteiger partial charge in [-0.1, -0.05) is 18.2 Å². The van der Waals surface area contributed by atoms with Crippen molar-refractivity contribution in [2.75, 3.05) is 11.9 Å². The van der Waals surface area contributed by atoms with Gasteiger partial charge in [0.15, 0.2) is 6.61 Å². The summed E-state index contributed by atoms with van der Waals surface area (Å²) in [5, 5.41) is 12.7. The highest BCUT2D eigenvalue weighted by Crippen LogP contribution is 2.38. The summed E-state index contributed by atoms with van der Waals surface area (Å²) < 4.78 is 7.24. The van der Waals surface area contributed by atoms with Crippen molar-refractivity contribution in [2.45, 2.75) is 26.2 Å². The van der Waals surface area contributed by atoms with Crippen LogP contribution in [0.5, 0.6) is 0 Å². The monoisotopic (exact) mass is 456 g/mol. The maximum absolute atomic E-state index is 12.6. The highest BCUT2D eigenvalue weighted by atomic mass is 32.1. The molecule has 1 N–H and O–H groups in total. The average Bonchev–Trinajstić information content (AvgIpc) is 3.49. The van der Waals surface area contributed by atoms with Gasteiger partial charge in [-0.2, -0.15) is 5.26 Å². The van der Waals surface area contributed by atoms with Crippen molar-refractivity contribution in [3.05, 3.63) is 75.9 Å². The highest BCUT2D eigenvalue weighted by molar-refractivity contribution is 7.16. The number of nitrogens with zero attached hydrogens (tertiary/aromatic N) is 3. The minimum absolute atomic E-state index is 0.320. The van der Waals surface area contributed by atoms with Crippen molar-refractivity contribution in [3.63, 3.8) is 0 Å². The van der Waals surface area contributed by atoms with Gasteiger partial charge in [-0.3, -0.25) is 9.36 Å². The number of hydrogen-bond donors (Lipinski definition) is 1. The molecular weight excluding hydrogens is 436 g/mol. The predicted octanol–water partition coefficient (Wildman–Crippen LogP) is 4.55. The van der Waals surface area contributed by atoms with Gasteiger partial charge in [-0.25, -0.2) is 9.78 Å². The molecule has 2 aromatic heterocycles. The van der Waals surface area contributed by atoms with E-state index in [2.05, 4.69) is 16.4 Å². The van der Waals surface area contributed by atoms with Crippen LogP contribution in [0.25, 0.3) is 16.7 Å². The molecule has 33 heavy (non-hydrogen) atoms. The summed E-state index contributed by atoms with van der Waals surface area (Å²) in [7, 11) is 0. The first-order chi connectivity index (χ1) is 16.0. The Labute approximate surface area is 194 Å². The summed E-state index contributed by atoms with van der Waals surface area (Å²) in [6, 6.07) is 17.2. The summed E-state index contributed by atoms with van der Waals surface area (Å²) in [6.45, 7) is 1.48. The van der Waals surface area contributed by atoms with E-state index >= 15 is 0 Å². The third kappa shape index (κ3) is 3.88. The van der Waals surface area contributed by atoms with Crippen molar-refractivity contribution < 1.29 is 14.3 Å². The zero-order valence-corrected chi connectivity index (χ0v) is 18.7. The second-order valence-corrected chi connectivity index (χ2v) is 8.94. The van der Waals surface area contributed by atoms with Gasteiger partial charge < -0.3 is 10.1 Å². The molecule has 1 amide bonds. The summed E-state index contributed by atoms with van der Waals surface area (Å²) in [6.07, 6.45) is 2.83. The Morgan fingerprint density at radius 2 is 2.03 bits per heavy atom. The van der Waals surface area contributed by atoms with Crippen molar-refractivity contribution in [3.8, 4) is 11.8 Å². The molecule has 7 nitrogen and oxygen atoms in total. The van der Waals surface area contributed by atoms with Gasteiger partial charge in [0.2, 0.25) is 0 Å². The van der Waals surface area contributed by atoms with E-state index in [-0.39, 0.29) is 0 Å². The number of fused-ring (bicyclic) bond motifs is 2. The van der Waals surface area contributed by atoms with Gasteiger partial charge in [-0.15, -0.1) is 11.3 Å². The third-order valence-electron chi connectivity index (χ3n) is 5.69. The summed E-state index contributed by atoms with van der Waals surface area (Å²) >= 11 is 1.43. The van der Waals surface area contributed by atoms with Crippen molar-refractivity contribution >= 4 is 39.2 Å². The number of benzene rings is 2. The lowest BCUT2D eigenvalue weighted by atomic mass is 10.1. The molecule has 2 aromatic carbocycles. The van der Waals surface area contributed by atoms with Crippen LogP contribution in [0.15, 0.2) is 48.5 Å². The molecule has 0 bridgehead atoms. The van der Waals surface area contributed by atoms with Crippen molar-refractivity contribution in [1.82, 2.24) is 9.55 Å². The Kier molecular flexibility index (Phi) is 5.40. The zero-order chi connectivity index (χ0) is 22.9. The second kappa shape index (κ2) is 8.52. The predicted molar refractivity (Wildman–Crippen MR) is 126 cm³/mol. The molecule has 1 aliphatic carbocycles. The molecule has 2 heterocycles. The Morgan fingerprint density at radius 3 is 2.82 bits per heavy atom. The molecule has 1 aliphatic rings. The minimum Gasteiger partial charge on any atom is -0.452 e. The standard InChI is InChI=1S/C25H20N4O3S/c1-15-27-20-12-16(10-11-21(20)29(15)17-6-3-2-4-7-17)25(31)32-14-23(30)28-24-19(13-26)18-8-5-9-22(18)33-24/h2-4,6-7,10-12H,5,8-9,14H2,1H3,(H,28,30). The maximum Gasteiger partial charge on any atom is 0.338 e. The van der Waals surface area contributed by atoms with Crippen LogP contribution in [0, 0.1) is 18.3 Å². The number of anilines is 1. The molecule has 4 aromatic rings. The summed E-state index contributed by atoms with van der Waals surface area (Å²) in [4.78, 5) is 30.6. The molecule has 164 valence electrons. The van der Waals surface area contributed by atoms with Crippen molar-refractivity contribution in [1.29, 1.82) is 5.26 Å². The summed E-state index contributed by atoms with van der Waals surface area (Å²) in [5.74, 6) is -0.268. The lowest BCUT2D eigenvalue weighted by molar-refractivity contribution is -0.119. The fraction of sp³-hybridized carbons (Fsp3) is 0.200. The second-order valence-electron chi connectivity index (χ2n) is 7.83. The SMILES string of the molecule is Cc1nc2cc(C(=O)OCC(=O)Nc3sc4c(c3C#N)CCC4)ccc2n1-c1ccccc1. The fourth-order valence-electron chi connectivity index (χ4n) is 4.22. The number of hydrogen-bond acceptors (Lipinski definition) is 6. The topological polar surface area (TPSA) is 97.0 Å². The highest BCUT2D eigenvalue weighted by Gasteiger charge is 2.23. The largest absolute Gasteiger partial charge is 0.452 e. The Bertz CT molecular complexity index is 1430. The molecule has 0 saturated heterocycles. The lowest BCUT2D eigenvalue weighted by Gasteiger charge is -2.08. The van der Waals surface area contributed by atoms with E-state index in [4.69, 9.17) is 4.74 Å². The van der Waals surface area contributed by atoms with Gasteiger partial charge >= 0.3 is 5.97 Å². The van der Waals surface area contributed by atoms with E-state index in [1.165, 1.54) is 11.3 Å². The van der Waals surface area contributed by atoms with E-state index in [0.717, 1.165) is 46.7 Å². The smallest absolute Gasteiger partial charge is 0.338 e. The quantitative estimate of drug-likeness (QED) is 0.444. The molecular formula is C25H20N4O3S. The van der Waals surface area contributed by atoms with Crippen LogP contribution < -0.4 is 5.32 Å². The van der Waals surface area contributed by atoms with Gasteiger partial charge in [0.25, 0.3) is 5.91 Å². The first-order valence-electron chi connectivity index (χ1n) is 10.6. The number of carbonyl (C=O) groups excluding carboxylic acids is 2. The number of thiophene rings is 1. The van der Waals surface area contributed by atoms with Gasteiger partial charge in [0, 0.05) is 10.6 Å². The lowest BCUT2D eigenvalue weighted by Crippen LogP contribution is -2.21. The van der Waals surface area contributed by atoms with Crippen LogP contribution in [0.1, 0.15) is 38.6 Å². The fourth-order valence-corrected chi connectivity index (χ4v) is 5.47. The molecule has 0 radical (unpaired) electrons. The van der Waals surface area contributed by atoms with Crippen LogP contribution >= 0.6 is 11.3 Å². The molecule has 8 heteroatoms. The first-order valence-corrected chi connectivity index (χ1v) is 11.4. The normalized spacial score (nSPS) is 12.4. The molecule has 0 aliphatic heterocycles. The molecule has 0 atom stereocenters. The Balaban J connectivity index is 1.28. The molecule has 0 saturated carbocycles. The molecule has 5 rings (SSSR count). The number of esters is 1. The number of para-hydroxylation sites is 1. The van der Waals surface area contributed by atoms with Crippen LogP contribution in [0.2, 0.25) is 0 Å². The van der Waals surface area contributed by atoms with Crippen molar-refractivity contribution in [2.24, 2.45) is 0 Å². The van der Waals surface area contributed by atoms with E-state index in [9.17, 15) is 14.9 Å². The number of aryl methyl sites for hydroxylation is 2. The van der Waals surface area contributed by atoms with E-state index in [1.807, 2.05) is 47.9 Å². The maximum atomic E-state index is 12.6. The molecule has 0 spiro atoms. The Morgan fingerprint density at radius 1 is 1.21 bits per heavy atom. The van der Waals surface area contributed by atoms with Gasteiger partial charge in [0.05, 0.1) is 22.2 Å². The average molecular weight is 457 g/mol. The van der Waals surface area contributed by atoms with Crippen LogP contribution in [-0.2, 0) is 22.4 Å². The third-order valence-corrected chi connectivity index (χ3v) is 6.90. The van der Waals surface area contributed by atoms with E-state index in [1.54, 1.807) is 12.1 Å².